The summed E-state index contributed by atoms with van der Waals surface area (Å²) >= 11 is 1.60. The minimum absolute atomic E-state index is 0.237. The van der Waals surface area contributed by atoms with Crippen molar-refractivity contribution in [2.24, 2.45) is 0 Å². The molecule has 0 radical (unpaired) electrons. The van der Waals surface area contributed by atoms with Crippen molar-refractivity contribution in [2.45, 2.75) is 32.8 Å². The van der Waals surface area contributed by atoms with Gasteiger partial charge in [0.05, 0.1) is 6.42 Å². The van der Waals surface area contributed by atoms with E-state index in [1.54, 1.807) is 15.9 Å². The van der Waals surface area contributed by atoms with Crippen LogP contribution in [0.3, 0.4) is 0 Å². The number of fused-ring (bicyclic) bond motifs is 1. The summed E-state index contributed by atoms with van der Waals surface area (Å²) in [5.41, 5.74) is 1.19. The molecule has 0 aromatic carbocycles. The first-order chi connectivity index (χ1) is 11.4. The van der Waals surface area contributed by atoms with Gasteiger partial charge in [0.25, 0.3) is 0 Å². The van der Waals surface area contributed by atoms with Gasteiger partial charge in [-0.25, -0.2) is 0 Å². The molecule has 0 amide bonds. The molecule has 0 spiro atoms. The van der Waals surface area contributed by atoms with Gasteiger partial charge in [-0.05, 0) is 44.4 Å². The normalized spacial score (nSPS) is 11.6. The molecule has 0 bridgehead atoms. The zero-order valence-electron chi connectivity index (χ0n) is 13.8. The molecule has 0 unspecified atom stereocenters. The van der Waals surface area contributed by atoms with Crippen LogP contribution in [-0.4, -0.2) is 37.9 Å². The van der Waals surface area contributed by atoms with Crippen LogP contribution >= 0.6 is 11.3 Å². The van der Waals surface area contributed by atoms with Crippen LogP contribution in [0.2, 0.25) is 0 Å². The lowest BCUT2D eigenvalue weighted by atomic mass is 10.2. The third-order valence-corrected chi connectivity index (χ3v) is 3.78. The van der Waals surface area contributed by atoms with Gasteiger partial charge in [0.2, 0.25) is 0 Å². The lowest BCUT2D eigenvalue weighted by molar-refractivity contribution is -0.154. The molecule has 3 aromatic rings. The minimum Gasteiger partial charge on any atom is -0.460 e. The number of anilines is 1. The highest BCUT2D eigenvalue weighted by Crippen LogP contribution is 2.20. The first kappa shape index (κ1) is 16.4. The summed E-state index contributed by atoms with van der Waals surface area (Å²) in [6, 6.07) is 5.63. The van der Waals surface area contributed by atoms with Crippen LogP contribution in [0.15, 0.2) is 29.0 Å². The lowest BCUT2D eigenvalue weighted by Crippen LogP contribution is -2.25. The van der Waals surface area contributed by atoms with Crippen LogP contribution in [0.4, 0.5) is 5.82 Å². The number of ether oxygens (including phenoxy) is 1. The van der Waals surface area contributed by atoms with Crippen LogP contribution in [-0.2, 0) is 9.53 Å². The summed E-state index contributed by atoms with van der Waals surface area (Å²) in [5, 5.41) is 19.9. The van der Waals surface area contributed by atoms with E-state index in [1.807, 2.05) is 49.7 Å². The first-order valence-corrected chi connectivity index (χ1v) is 8.57. The van der Waals surface area contributed by atoms with Gasteiger partial charge in [-0.1, -0.05) is 0 Å². The predicted octanol–water partition coefficient (Wildman–Crippen LogP) is 3.00. The maximum atomic E-state index is 11.7. The van der Waals surface area contributed by atoms with Gasteiger partial charge >= 0.3 is 5.97 Å². The molecule has 0 atom stereocenters. The third kappa shape index (κ3) is 3.88. The molecule has 0 saturated heterocycles. The molecule has 8 heteroatoms. The Hall–Kier alpha value is -2.48. The Morgan fingerprint density at radius 2 is 2.12 bits per heavy atom. The number of carbonyl (C=O) groups is 1. The predicted molar refractivity (Wildman–Crippen MR) is 93.0 cm³/mol. The Bertz CT molecular complexity index is 836. The van der Waals surface area contributed by atoms with Crippen molar-refractivity contribution >= 4 is 28.8 Å². The number of carbonyl (C=O) groups excluding carboxylic acids is 1. The van der Waals surface area contributed by atoms with Crippen molar-refractivity contribution in [3.05, 3.63) is 29.0 Å². The quantitative estimate of drug-likeness (QED) is 0.716. The van der Waals surface area contributed by atoms with Crippen LogP contribution in [0, 0.1) is 0 Å². The van der Waals surface area contributed by atoms with Gasteiger partial charge in [0, 0.05) is 17.5 Å². The molecule has 126 valence electrons. The maximum absolute atomic E-state index is 11.7. The standard InChI is InChI=1S/C16H19N5O2S/c1-16(2,3)23-14(22)6-8-17-12-4-5-13-18-19-15(21(13)20-12)11-7-9-24-10-11/h4-5,7,9-10H,6,8H2,1-3H3,(H,17,20). The van der Waals surface area contributed by atoms with E-state index < -0.39 is 5.60 Å². The second kappa shape index (κ2) is 6.56. The molecule has 0 aliphatic carbocycles. The van der Waals surface area contributed by atoms with E-state index >= 15 is 0 Å². The average molecular weight is 345 g/mol. The zero-order valence-corrected chi connectivity index (χ0v) is 14.6. The van der Waals surface area contributed by atoms with E-state index in [4.69, 9.17) is 4.74 Å². The van der Waals surface area contributed by atoms with E-state index in [1.165, 1.54) is 0 Å². The van der Waals surface area contributed by atoms with Gasteiger partial charge in [-0.2, -0.15) is 15.9 Å². The number of hydrogen-bond donors (Lipinski definition) is 1. The topological polar surface area (TPSA) is 81.4 Å². The Morgan fingerprint density at radius 1 is 1.29 bits per heavy atom. The number of thiophene rings is 1. The number of aromatic nitrogens is 4. The summed E-state index contributed by atoms with van der Waals surface area (Å²) in [7, 11) is 0. The fraction of sp³-hybridized carbons (Fsp3) is 0.375. The average Bonchev–Trinajstić information content (AvgIpc) is 3.13. The molecular formula is C16H19N5O2S. The lowest BCUT2D eigenvalue weighted by Gasteiger charge is -2.19. The number of nitrogens with zero attached hydrogens (tertiary/aromatic N) is 4. The van der Waals surface area contributed by atoms with Crippen molar-refractivity contribution in [1.82, 2.24) is 19.8 Å². The number of esters is 1. The second-order valence-corrected chi connectivity index (χ2v) is 7.07. The van der Waals surface area contributed by atoms with Crippen LogP contribution in [0.25, 0.3) is 17.0 Å². The smallest absolute Gasteiger partial charge is 0.308 e. The highest BCUT2D eigenvalue weighted by Gasteiger charge is 2.16. The Kier molecular flexibility index (Phi) is 4.48. The van der Waals surface area contributed by atoms with Crippen LogP contribution in [0.1, 0.15) is 27.2 Å². The van der Waals surface area contributed by atoms with Gasteiger partial charge in [-0.3, -0.25) is 4.79 Å². The van der Waals surface area contributed by atoms with Gasteiger partial charge in [-0.15, -0.1) is 15.3 Å². The van der Waals surface area contributed by atoms with Crippen molar-refractivity contribution in [1.29, 1.82) is 0 Å². The van der Waals surface area contributed by atoms with E-state index in [9.17, 15) is 4.79 Å². The minimum atomic E-state index is -0.466. The van der Waals surface area contributed by atoms with E-state index in [-0.39, 0.29) is 12.4 Å². The first-order valence-electron chi connectivity index (χ1n) is 7.63. The largest absolute Gasteiger partial charge is 0.460 e. The highest BCUT2D eigenvalue weighted by atomic mass is 32.1. The summed E-state index contributed by atoms with van der Waals surface area (Å²) < 4.78 is 6.97. The van der Waals surface area contributed by atoms with Gasteiger partial charge < -0.3 is 10.1 Å². The molecule has 0 aliphatic rings. The molecule has 3 aromatic heterocycles. The zero-order chi connectivity index (χ0) is 17.2. The molecule has 1 N–H and O–H groups in total. The fourth-order valence-corrected chi connectivity index (χ4v) is 2.77. The van der Waals surface area contributed by atoms with E-state index in [0.29, 0.717) is 23.8 Å². The van der Waals surface area contributed by atoms with Crippen molar-refractivity contribution in [2.75, 3.05) is 11.9 Å². The maximum Gasteiger partial charge on any atom is 0.308 e. The fourth-order valence-electron chi connectivity index (χ4n) is 2.14. The molecule has 7 nitrogen and oxygen atoms in total. The van der Waals surface area contributed by atoms with E-state index in [0.717, 1.165) is 5.56 Å². The van der Waals surface area contributed by atoms with Crippen molar-refractivity contribution < 1.29 is 9.53 Å². The van der Waals surface area contributed by atoms with Crippen molar-refractivity contribution in [3.8, 4) is 11.4 Å². The summed E-state index contributed by atoms with van der Waals surface area (Å²) in [6.07, 6.45) is 0.274. The summed E-state index contributed by atoms with van der Waals surface area (Å²) in [4.78, 5) is 11.7. The SMILES string of the molecule is CC(C)(C)OC(=O)CCNc1ccc2nnc(-c3ccsc3)n2n1. The summed E-state index contributed by atoms with van der Waals surface area (Å²) in [6.45, 7) is 6.01. The molecular weight excluding hydrogens is 326 g/mol. The van der Waals surface area contributed by atoms with Crippen LogP contribution < -0.4 is 5.32 Å². The molecule has 24 heavy (non-hydrogen) atoms. The number of hydrogen-bond acceptors (Lipinski definition) is 7. The molecule has 3 heterocycles. The Balaban J connectivity index is 1.68. The van der Waals surface area contributed by atoms with Crippen LogP contribution in [0.5, 0.6) is 0 Å². The molecule has 0 aliphatic heterocycles. The third-order valence-electron chi connectivity index (χ3n) is 3.10. The Morgan fingerprint density at radius 3 is 2.83 bits per heavy atom. The number of rotatable bonds is 5. The highest BCUT2D eigenvalue weighted by molar-refractivity contribution is 7.08. The number of nitrogens with one attached hydrogen (secondary N) is 1. The van der Waals surface area contributed by atoms with E-state index in [2.05, 4.69) is 20.6 Å². The Labute approximate surface area is 143 Å². The monoisotopic (exact) mass is 345 g/mol. The second-order valence-electron chi connectivity index (χ2n) is 6.29. The molecule has 3 rings (SSSR count). The van der Waals surface area contributed by atoms with Gasteiger partial charge in [0.15, 0.2) is 11.5 Å². The molecule has 0 fully saturated rings. The van der Waals surface area contributed by atoms with Crippen molar-refractivity contribution in [3.63, 3.8) is 0 Å². The molecule has 0 saturated carbocycles. The van der Waals surface area contributed by atoms with Gasteiger partial charge in [0.1, 0.15) is 11.4 Å². The summed E-state index contributed by atoms with van der Waals surface area (Å²) in [5.74, 6) is 1.11.